The average Bonchev–Trinajstić information content (AvgIpc) is 2.52. The highest BCUT2D eigenvalue weighted by Crippen LogP contribution is 2.25. The molecular weight excluding hydrogens is 270 g/mol. The Hall–Kier alpha value is -2.56. The van der Waals surface area contributed by atoms with Crippen LogP contribution in [0.5, 0.6) is 11.5 Å². The largest absolute Gasteiger partial charge is 0.496 e. The van der Waals surface area contributed by atoms with Gasteiger partial charge in [0.25, 0.3) is 5.69 Å². The lowest BCUT2D eigenvalue weighted by Crippen LogP contribution is -2.00. The summed E-state index contributed by atoms with van der Waals surface area (Å²) in [5.41, 5.74) is 1.80. The van der Waals surface area contributed by atoms with Crippen molar-refractivity contribution >= 4 is 5.69 Å². The Morgan fingerprint density at radius 1 is 1.19 bits per heavy atom. The maximum absolute atomic E-state index is 10.9. The van der Waals surface area contributed by atoms with Crippen LogP contribution in [0.4, 0.5) is 5.69 Å². The lowest BCUT2D eigenvalue weighted by Gasteiger charge is -2.11. The maximum atomic E-state index is 10.9. The topological polar surface area (TPSA) is 61.6 Å². The van der Waals surface area contributed by atoms with E-state index in [0.717, 1.165) is 17.7 Å². The average molecular weight is 287 g/mol. The van der Waals surface area contributed by atoms with Crippen molar-refractivity contribution in [3.63, 3.8) is 0 Å². The number of hydrogen-bond donors (Lipinski definition) is 0. The van der Waals surface area contributed by atoms with Crippen LogP contribution in [0.3, 0.4) is 0 Å². The molecule has 0 aliphatic rings. The van der Waals surface area contributed by atoms with Gasteiger partial charge in [0.2, 0.25) is 0 Å². The molecule has 2 aromatic rings. The van der Waals surface area contributed by atoms with E-state index >= 15 is 0 Å². The molecule has 5 nitrogen and oxygen atoms in total. The molecule has 5 heteroatoms. The van der Waals surface area contributed by atoms with Gasteiger partial charge in [0.05, 0.1) is 18.1 Å². The first-order valence-corrected chi connectivity index (χ1v) is 6.67. The number of benzene rings is 2. The normalized spacial score (nSPS) is 10.2. The number of nitrogens with zero attached hydrogens (tertiary/aromatic N) is 1. The Morgan fingerprint density at radius 2 is 1.95 bits per heavy atom. The van der Waals surface area contributed by atoms with Gasteiger partial charge in [-0.3, -0.25) is 10.1 Å². The van der Waals surface area contributed by atoms with Gasteiger partial charge in [-0.25, -0.2) is 0 Å². The van der Waals surface area contributed by atoms with Crippen LogP contribution in [0.25, 0.3) is 0 Å². The van der Waals surface area contributed by atoms with E-state index in [4.69, 9.17) is 9.47 Å². The number of para-hydroxylation sites is 1. The minimum atomic E-state index is -0.438. The van der Waals surface area contributed by atoms with Crippen molar-refractivity contribution < 1.29 is 14.4 Å². The first-order chi connectivity index (χ1) is 10.1. The minimum Gasteiger partial charge on any atom is -0.496 e. The Labute approximate surface area is 123 Å². The van der Waals surface area contributed by atoms with Crippen molar-refractivity contribution in [2.24, 2.45) is 0 Å². The van der Waals surface area contributed by atoms with Crippen molar-refractivity contribution in [3.8, 4) is 11.5 Å². The van der Waals surface area contributed by atoms with Crippen LogP contribution in [0.15, 0.2) is 42.5 Å². The van der Waals surface area contributed by atoms with Gasteiger partial charge in [-0.1, -0.05) is 25.1 Å². The quantitative estimate of drug-likeness (QED) is 0.599. The summed E-state index contributed by atoms with van der Waals surface area (Å²) in [5.74, 6) is 1.25. The van der Waals surface area contributed by atoms with Crippen LogP contribution in [0, 0.1) is 10.1 Å². The maximum Gasteiger partial charge on any atom is 0.273 e. The van der Waals surface area contributed by atoms with Crippen LogP contribution in [-0.4, -0.2) is 12.0 Å². The molecular formula is C16H17NO4. The molecule has 110 valence electrons. The van der Waals surface area contributed by atoms with E-state index in [2.05, 4.69) is 6.92 Å². The SMILES string of the molecule is CCc1ccccc1OCc1cc(OC)cc([N+](=O)[O-])c1. The Morgan fingerprint density at radius 3 is 2.62 bits per heavy atom. The molecule has 0 saturated heterocycles. The molecule has 0 bridgehead atoms. The number of aryl methyl sites for hydroxylation is 1. The molecule has 2 rings (SSSR count). The molecule has 0 unspecified atom stereocenters. The van der Waals surface area contributed by atoms with E-state index < -0.39 is 4.92 Å². The second-order valence-corrected chi connectivity index (χ2v) is 4.55. The summed E-state index contributed by atoms with van der Waals surface area (Å²) in [6.45, 7) is 2.31. The predicted molar refractivity (Wildman–Crippen MR) is 79.8 cm³/mol. The molecule has 0 aromatic heterocycles. The molecule has 0 aliphatic carbocycles. The highest BCUT2D eigenvalue weighted by Gasteiger charge is 2.11. The van der Waals surface area contributed by atoms with Gasteiger partial charge in [0, 0.05) is 6.07 Å². The summed E-state index contributed by atoms with van der Waals surface area (Å²) in [7, 11) is 1.48. The number of methoxy groups -OCH3 is 1. The summed E-state index contributed by atoms with van der Waals surface area (Å²) in [6.07, 6.45) is 0.869. The predicted octanol–water partition coefficient (Wildman–Crippen LogP) is 3.74. The molecule has 0 atom stereocenters. The second kappa shape index (κ2) is 6.74. The van der Waals surface area contributed by atoms with E-state index in [1.165, 1.54) is 19.2 Å². The zero-order chi connectivity index (χ0) is 15.2. The van der Waals surface area contributed by atoms with Gasteiger partial charge in [-0.2, -0.15) is 0 Å². The van der Waals surface area contributed by atoms with Crippen molar-refractivity contribution in [2.75, 3.05) is 7.11 Å². The zero-order valence-corrected chi connectivity index (χ0v) is 12.0. The molecule has 0 saturated carbocycles. The Balaban J connectivity index is 2.19. The van der Waals surface area contributed by atoms with Crippen LogP contribution < -0.4 is 9.47 Å². The molecule has 2 aromatic carbocycles. The van der Waals surface area contributed by atoms with Crippen LogP contribution >= 0.6 is 0 Å². The number of nitro benzene ring substituents is 1. The molecule has 0 heterocycles. The van der Waals surface area contributed by atoms with Crippen molar-refractivity contribution in [3.05, 3.63) is 63.7 Å². The van der Waals surface area contributed by atoms with E-state index in [-0.39, 0.29) is 12.3 Å². The summed E-state index contributed by atoms with van der Waals surface area (Å²) in [4.78, 5) is 10.5. The highest BCUT2D eigenvalue weighted by atomic mass is 16.6. The fourth-order valence-electron chi connectivity index (χ4n) is 2.05. The zero-order valence-electron chi connectivity index (χ0n) is 12.0. The smallest absolute Gasteiger partial charge is 0.273 e. The van der Waals surface area contributed by atoms with E-state index in [1.807, 2.05) is 24.3 Å². The lowest BCUT2D eigenvalue weighted by atomic mass is 10.1. The van der Waals surface area contributed by atoms with Crippen LogP contribution in [0.1, 0.15) is 18.1 Å². The highest BCUT2D eigenvalue weighted by molar-refractivity contribution is 5.43. The molecule has 0 spiro atoms. The first-order valence-electron chi connectivity index (χ1n) is 6.67. The molecule has 0 radical (unpaired) electrons. The minimum absolute atomic E-state index is 0.00303. The lowest BCUT2D eigenvalue weighted by molar-refractivity contribution is -0.385. The molecule has 0 amide bonds. The van der Waals surface area contributed by atoms with Gasteiger partial charge in [-0.15, -0.1) is 0 Å². The van der Waals surface area contributed by atoms with Crippen LogP contribution in [0.2, 0.25) is 0 Å². The van der Waals surface area contributed by atoms with Crippen molar-refractivity contribution in [1.82, 2.24) is 0 Å². The van der Waals surface area contributed by atoms with E-state index in [1.54, 1.807) is 6.07 Å². The third-order valence-corrected chi connectivity index (χ3v) is 3.15. The molecule has 0 aliphatic heterocycles. The van der Waals surface area contributed by atoms with Gasteiger partial charge in [0.15, 0.2) is 0 Å². The molecule has 0 N–H and O–H groups in total. The molecule has 21 heavy (non-hydrogen) atoms. The number of non-ortho nitro benzene ring substituents is 1. The third-order valence-electron chi connectivity index (χ3n) is 3.15. The van der Waals surface area contributed by atoms with Gasteiger partial charge in [0.1, 0.15) is 18.1 Å². The fraction of sp³-hybridized carbons (Fsp3) is 0.250. The summed E-state index contributed by atoms with van der Waals surface area (Å²) in [6, 6.07) is 12.4. The summed E-state index contributed by atoms with van der Waals surface area (Å²) >= 11 is 0. The number of nitro groups is 1. The number of rotatable bonds is 6. The Kier molecular flexibility index (Phi) is 4.77. The standard InChI is InChI=1S/C16H17NO4/c1-3-13-6-4-5-7-16(13)21-11-12-8-14(17(18)19)10-15(9-12)20-2/h4-10H,3,11H2,1-2H3. The monoisotopic (exact) mass is 287 g/mol. The van der Waals surface area contributed by atoms with Gasteiger partial charge in [-0.05, 0) is 29.7 Å². The third kappa shape index (κ3) is 3.72. The second-order valence-electron chi connectivity index (χ2n) is 4.55. The van der Waals surface area contributed by atoms with Gasteiger partial charge < -0.3 is 9.47 Å². The molecule has 0 fully saturated rings. The van der Waals surface area contributed by atoms with Gasteiger partial charge >= 0.3 is 0 Å². The summed E-state index contributed by atoms with van der Waals surface area (Å²) in [5, 5.41) is 10.9. The van der Waals surface area contributed by atoms with E-state index in [9.17, 15) is 10.1 Å². The van der Waals surface area contributed by atoms with E-state index in [0.29, 0.717) is 11.3 Å². The van der Waals surface area contributed by atoms with Crippen LogP contribution in [-0.2, 0) is 13.0 Å². The van der Waals surface area contributed by atoms with Crippen molar-refractivity contribution in [1.29, 1.82) is 0 Å². The number of hydrogen-bond acceptors (Lipinski definition) is 4. The number of ether oxygens (including phenoxy) is 2. The fourth-order valence-corrected chi connectivity index (χ4v) is 2.05. The first kappa shape index (κ1) is 14.8. The Bertz CT molecular complexity index is 640. The van der Waals surface area contributed by atoms with Crippen molar-refractivity contribution in [2.45, 2.75) is 20.0 Å². The summed E-state index contributed by atoms with van der Waals surface area (Å²) < 4.78 is 10.9.